The van der Waals surface area contributed by atoms with Crippen LogP contribution in [0, 0.1) is 11.3 Å². The fourth-order valence-electron chi connectivity index (χ4n) is 2.11. The summed E-state index contributed by atoms with van der Waals surface area (Å²) < 4.78 is 11.3. The standard InChI is InChI=1S/C13H17N3OS/c14-10-13(15,12-4-2-1-3-5-12)11-16-6-8-18(17)9-7-16/h1-5H,6-9,11,15H2. The summed E-state index contributed by atoms with van der Waals surface area (Å²) >= 11 is 0. The van der Waals surface area contributed by atoms with Gasteiger partial charge < -0.3 is 5.73 Å². The van der Waals surface area contributed by atoms with Gasteiger partial charge in [0.2, 0.25) is 0 Å². The number of hydrogen-bond acceptors (Lipinski definition) is 4. The van der Waals surface area contributed by atoms with Crippen LogP contribution in [0.3, 0.4) is 0 Å². The Morgan fingerprint density at radius 1 is 1.33 bits per heavy atom. The second kappa shape index (κ2) is 5.61. The first-order valence-electron chi connectivity index (χ1n) is 5.97. The molecule has 1 unspecified atom stereocenters. The molecule has 0 aromatic heterocycles. The van der Waals surface area contributed by atoms with Gasteiger partial charge in [-0.3, -0.25) is 9.11 Å². The summed E-state index contributed by atoms with van der Waals surface area (Å²) in [5, 5.41) is 9.36. The van der Waals surface area contributed by atoms with Gasteiger partial charge in [0, 0.05) is 41.9 Å². The van der Waals surface area contributed by atoms with E-state index in [0.717, 1.165) is 18.7 Å². The van der Waals surface area contributed by atoms with Crippen molar-refractivity contribution >= 4 is 10.8 Å². The van der Waals surface area contributed by atoms with Crippen LogP contribution in [0.2, 0.25) is 0 Å². The zero-order chi connectivity index (χ0) is 13.0. The molecule has 0 saturated carbocycles. The SMILES string of the molecule is N#CC(N)(CN1CCS(=O)CC1)c1ccccc1. The van der Waals surface area contributed by atoms with Crippen molar-refractivity contribution in [1.82, 2.24) is 4.90 Å². The van der Waals surface area contributed by atoms with Crippen LogP contribution >= 0.6 is 0 Å². The fraction of sp³-hybridized carbons (Fsp3) is 0.462. The zero-order valence-electron chi connectivity index (χ0n) is 10.2. The van der Waals surface area contributed by atoms with Crippen LogP contribution in [-0.2, 0) is 16.3 Å². The van der Waals surface area contributed by atoms with Crippen molar-refractivity contribution in [2.45, 2.75) is 5.54 Å². The monoisotopic (exact) mass is 263 g/mol. The maximum atomic E-state index is 11.3. The largest absolute Gasteiger partial charge is 0.309 e. The predicted molar refractivity (Wildman–Crippen MR) is 72.2 cm³/mol. The lowest BCUT2D eigenvalue weighted by Crippen LogP contribution is -2.50. The molecular weight excluding hydrogens is 246 g/mol. The minimum absolute atomic E-state index is 0.491. The quantitative estimate of drug-likeness (QED) is 0.858. The van der Waals surface area contributed by atoms with Gasteiger partial charge in [-0.05, 0) is 5.56 Å². The van der Waals surface area contributed by atoms with Gasteiger partial charge in [-0.1, -0.05) is 30.3 Å². The highest BCUT2D eigenvalue weighted by atomic mass is 32.2. The molecule has 1 fully saturated rings. The summed E-state index contributed by atoms with van der Waals surface area (Å²) in [5.41, 5.74) is 6.05. The van der Waals surface area contributed by atoms with Gasteiger partial charge in [-0.25, -0.2) is 0 Å². The number of rotatable bonds is 3. The normalized spacial score (nSPS) is 21.1. The van der Waals surface area contributed by atoms with E-state index in [-0.39, 0.29) is 0 Å². The number of nitrogens with zero attached hydrogens (tertiary/aromatic N) is 2. The van der Waals surface area contributed by atoms with Gasteiger partial charge in [0.15, 0.2) is 0 Å². The molecule has 1 aromatic rings. The van der Waals surface area contributed by atoms with E-state index in [1.54, 1.807) is 0 Å². The molecule has 2 N–H and O–H groups in total. The van der Waals surface area contributed by atoms with Crippen LogP contribution in [0.25, 0.3) is 0 Å². The van der Waals surface area contributed by atoms with Crippen molar-refractivity contribution in [3.8, 4) is 6.07 Å². The third-order valence-electron chi connectivity index (χ3n) is 3.23. The van der Waals surface area contributed by atoms with Crippen molar-refractivity contribution in [2.24, 2.45) is 5.73 Å². The lowest BCUT2D eigenvalue weighted by molar-refractivity contribution is 0.254. The molecule has 1 atom stereocenters. The van der Waals surface area contributed by atoms with Crippen LogP contribution in [0.5, 0.6) is 0 Å². The Bertz CT molecular complexity index is 461. The summed E-state index contributed by atoms with van der Waals surface area (Å²) in [4.78, 5) is 2.12. The molecule has 1 aliphatic heterocycles. The van der Waals surface area contributed by atoms with E-state index in [0.29, 0.717) is 18.1 Å². The van der Waals surface area contributed by atoms with Gasteiger partial charge in [0.25, 0.3) is 0 Å². The molecular formula is C13H17N3OS. The molecule has 2 rings (SSSR count). The Balaban J connectivity index is 2.10. The van der Waals surface area contributed by atoms with Gasteiger partial charge in [-0.2, -0.15) is 5.26 Å². The zero-order valence-corrected chi connectivity index (χ0v) is 11.0. The number of hydrogen-bond donors (Lipinski definition) is 1. The van der Waals surface area contributed by atoms with E-state index in [2.05, 4.69) is 11.0 Å². The molecule has 96 valence electrons. The molecule has 1 aromatic carbocycles. The molecule has 0 spiro atoms. The summed E-state index contributed by atoms with van der Waals surface area (Å²) in [5.74, 6) is 1.35. The van der Waals surface area contributed by atoms with Crippen LogP contribution < -0.4 is 5.73 Å². The van der Waals surface area contributed by atoms with E-state index in [1.807, 2.05) is 30.3 Å². The maximum absolute atomic E-state index is 11.3. The minimum atomic E-state index is -0.986. The number of nitrogens with two attached hydrogens (primary N) is 1. The molecule has 1 heterocycles. The van der Waals surface area contributed by atoms with Crippen LogP contribution in [0.1, 0.15) is 5.56 Å². The summed E-state index contributed by atoms with van der Waals surface area (Å²) in [6.07, 6.45) is 0. The third-order valence-corrected chi connectivity index (χ3v) is 4.51. The van der Waals surface area contributed by atoms with E-state index in [4.69, 9.17) is 5.73 Å². The van der Waals surface area contributed by atoms with Crippen molar-refractivity contribution in [3.05, 3.63) is 35.9 Å². The van der Waals surface area contributed by atoms with Gasteiger partial charge >= 0.3 is 0 Å². The highest BCUT2D eigenvalue weighted by molar-refractivity contribution is 7.85. The average Bonchev–Trinajstić information content (AvgIpc) is 2.42. The Labute approximate surface area is 110 Å². The molecule has 5 heteroatoms. The summed E-state index contributed by atoms with van der Waals surface area (Å²) in [6, 6.07) is 11.7. The van der Waals surface area contributed by atoms with Crippen molar-refractivity contribution in [1.29, 1.82) is 5.26 Å². The highest BCUT2D eigenvalue weighted by Gasteiger charge is 2.31. The Morgan fingerprint density at radius 3 is 2.50 bits per heavy atom. The van der Waals surface area contributed by atoms with Crippen LogP contribution in [-0.4, -0.2) is 40.2 Å². The molecule has 18 heavy (non-hydrogen) atoms. The third kappa shape index (κ3) is 2.96. The van der Waals surface area contributed by atoms with Crippen molar-refractivity contribution in [3.63, 3.8) is 0 Å². The van der Waals surface area contributed by atoms with Crippen molar-refractivity contribution in [2.75, 3.05) is 31.1 Å². The number of nitriles is 1. The molecule has 0 amide bonds. The fourth-order valence-corrected chi connectivity index (χ4v) is 3.24. The molecule has 1 aliphatic rings. The summed E-state index contributed by atoms with van der Waals surface area (Å²) in [6.45, 7) is 1.99. The van der Waals surface area contributed by atoms with E-state index < -0.39 is 16.3 Å². The number of benzene rings is 1. The smallest absolute Gasteiger partial charge is 0.142 e. The molecule has 0 radical (unpaired) electrons. The van der Waals surface area contributed by atoms with Gasteiger partial charge in [0.05, 0.1) is 6.07 Å². The second-order valence-electron chi connectivity index (χ2n) is 4.57. The molecule has 4 nitrogen and oxygen atoms in total. The van der Waals surface area contributed by atoms with Crippen LogP contribution in [0.4, 0.5) is 0 Å². The lowest BCUT2D eigenvalue weighted by Gasteiger charge is -2.32. The first-order chi connectivity index (χ1) is 8.64. The Hall–Kier alpha value is -1.22. The second-order valence-corrected chi connectivity index (χ2v) is 6.27. The van der Waals surface area contributed by atoms with E-state index in [9.17, 15) is 9.47 Å². The predicted octanol–water partition coefficient (Wildman–Crippen LogP) is 0.428. The molecule has 0 aliphatic carbocycles. The van der Waals surface area contributed by atoms with E-state index >= 15 is 0 Å². The average molecular weight is 263 g/mol. The van der Waals surface area contributed by atoms with Gasteiger partial charge in [-0.15, -0.1) is 0 Å². The van der Waals surface area contributed by atoms with Crippen LogP contribution in [0.15, 0.2) is 30.3 Å². The first kappa shape index (κ1) is 13.2. The van der Waals surface area contributed by atoms with Gasteiger partial charge in [0.1, 0.15) is 5.54 Å². The lowest BCUT2D eigenvalue weighted by atomic mass is 9.92. The minimum Gasteiger partial charge on any atom is -0.309 e. The Morgan fingerprint density at radius 2 is 1.94 bits per heavy atom. The Kier molecular flexibility index (Phi) is 4.12. The molecule has 1 saturated heterocycles. The van der Waals surface area contributed by atoms with E-state index in [1.165, 1.54) is 0 Å². The highest BCUT2D eigenvalue weighted by Crippen LogP contribution is 2.19. The summed E-state index contributed by atoms with van der Waals surface area (Å²) in [7, 11) is -0.701. The topological polar surface area (TPSA) is 70.1 Å². The maximum Gasteiger partial charge on any atom is 0.142 e. The van der Waals surface area contributed by atoms with Crippen molar-refractivity contribution < 1.29 is 4.21 Å². The first-order valence-corrected chi connectivity index (χ1v) is 7.46. The molecule has 0 bridgehead atoms.